The van der Waals surface area contributed by atoms with Crippen LogP contribution in [0.3, 0.4) is 0 Å². The molecule has 0 bridgehead atoms. The number of imide groups is 2. The Bertz CT molecular complexity index is 877. The summed E-state index contributed by atoms with van der Waals surface area (Å²) in [5.41, 5.74) is 1.74. The summed E-state index contributed by atoms with van der Waals surface area (Å²) in [5, 5.41) is 2.11. The summed E-state index contributed by atoms with van der Waals surface area (Å²) in [5.74, 6) is -3.23. The van der Waals surface area contributed by atoms with E-state index in [1.54, 1.807) is 18.2 Å². The van der Waals surface area contributed by atoms with E-state index in [-0.39, 0.29) is 5.69 Å². The number of carbonyl (C=O) groups excluding carboxylic acids is 3. The Morgan fingerprint density at radius 1 is 1.12 bits per heavy atom. The molecule has 7 heteroatoms. The highest BCUT2D eigenvalue weighted by atomic mass is 19.1. The predicted octanol–water partition coefficient (Wildman–Crippen LogP) is 2.74. The lowest BCUT2D eigenvalue weighted by atomic mass is 10.1. The molecule has 2 aromatic rings. The van der Waals surface area contributed by atoms with E-state index < -0.39 is 29.6 Å². The molecule has 25 heavy (non-hydrogen) atoms. The van der Waals surface area contributed by atoms with E-state index in [2.05, 4.69) is 10.3 Å². The minimum absolute atomic E-state index is 0.172. The van der Waals surface area contributed by atoms with Crippen molar-refractivity contribution in [3.63, 3.8) is 0 Å². The third-order valence-corrected chi connectivity index (χ3v) is 3.66. The van der Waals surface area contributed by atoms with Crippen molar-refractivity contribution in [3.05, 3.63) is 59.9 Å². The summed E-state index contributed by atoms with van der Waals surface area (Å²) >= 11 is 0. The second-order valence-corrected chi connectivity index (χ2v) is 5.54. The zero-order valence-electron chi connectivity index (χ0n) is 13.3. The number of benzene rings is 2. The fourth-order valence-electron chi connectivity index (χ4n) is 2.43. The van der Waals surface area contributed by atoms with Gasteiger partial charge in [-0.25, -0.2) is 14.1 Å². The van der Waals surface area contributed by atoms with Gasteiger partial charge in [-0.3, -0.25) is 19.9 Å². The number of amides is 4. The van der Waals surface area contributed by atoms with Crippen molar-refractivity contribution < 1.29 is 18.8 Å². The largest absolute Gasteiger partial charge is 0.335 e. The minimum atomic E-state index is -1.25. The topological polar surface area (TPSA) is 78.8 Å². The number of aliphatic imine (C=N–C) groups is 1. The molecule has 1 aliphatic heterocycles. The molecule has 4 amide bonds. The smallest absolute Gasteiger partial charge is 0.276 e. The molecule has 0 aromatic heterocycles. The van der Waals surface area contributed by atoms with Crippen molar-refractivity contribution in [1.82, 2.24) is 5.32 Å². The first kappa shape index (κ1) is 16.5. The number of hydrogen-bond donors (Lipinski definition) is 1. The fourth-order valence-corrected chi connectivity index (χ4v) is 2.43. The van der Waals surface area contributed by atoms with Gasteiger partial charge in [0.15, 0.2) is 5.92 Å². The van der Waals surface area contributed by atoms with Crippen molar-refractivity contribution in [1.29, 1.82) is 0 Å². The second-order valence-electron chi connectivity index (χ2n) is 5.54. The third-order valence-electron chi connectivity index (χ3n) is 3.66. The number of nitrogens with zero attached hydrogens (tertiary/aromatic N) is 2. The van der Waals surface area contributed by atoms with Gasteiger partial charge in [0.05, 0.1) is 11.4 Å². The van der Waals surface area contributed by atoms with Crippen LogP contribution in [-0.2, 0) is 9.59 Å². The Balaban J connectivity index is 1.89. The Hall–Kier alpha value is -3.35. The molecule has 0 radical (unpaired) electrons. The van der Waals surface area contributed by atoms with Crippen molar-refractivity contribution >= 4 is 35.4 Å². The summed E-state index contributed by atoms with van der Waals surface area (Å²) in [6.07, 6.45) is 1.20. The van der Waals surface area contributed by atoms with E-state index in [1.165, 1.54) is 18.3 Å². The average molecular weight is 339 g/mol. The normalized spacial score (nSPS) is 17.9. The number of anilines is 1. The highest BCUT2D eigenvalue weighted by molar-refractivity contribution is 6.32. The number of hydrogen-bond acceptors (Lipinski definition) is 4. The molecule has 2 aromatic carbocycles. The van der Waals surface area contributed by atoms with E-state index in [9.17, 15) is 18.8 Å². The molecule has 1 fully saturated rings. The molecule has 1 atom stereocenters. The van der Waals surface area contributed by atoms with Crippen LogP contribution < -0.4 is 10.2 Å². The molecule has 0 aliphatic carbocycles. The van der Waals surface area contributed by atoms with E-state index in [0.717, 1.165) is 22.6 Å². The molecule has 0 unspecified atom stereocenters. The van der Waals surface area contributed by atoms with E-state index in [0.29, 0.717) is 5.69 Å². The summed E-state index contributed by atoms with van der Waals surface area (Å²) in [6.45, 7) is 1.90. The van der Waals surface area contributed by atoms with Gasteiger partial charge in [0.2, 0.25) is 5.91 Å². The maximum Gasteiger partial charge on any atom is 0.335 e. The van der Waals surface area contributed by atoms with Gasteiger partial charge in [0, 0.05) is 6.21 Å². The van der Waals surface area contributed by atoms with Gasteiger partial charge in [0.25, 0.3) is 5.91 Å². The Morgan fingerprint density at radius 2 is 1.84 bits per heavy atom. The van der Waals surface area contributed by atoms with Gasteiger partial charge in [-0.1, -0.05) is 12.1 Å². The molecule has 1 saturated heterocycles. The molecule has 1 heterocycles. The minimum Gasteiger partial charge on any atom is -0.276 e. The molecular formula is C18H14FN3O3. The molecule has 3 rings (SSSR count). The Morgan fingerprint density at radius 3 is 2.52 bits per heavy atom. The molecule has 1 aliphatic rings. The van der Waals surface area contributed by atoms with Gasteiger partial charge in [-0.15, -0.1) is 0 Å². The van der Waals surface area contributed by atoms with E-state index >= 15 is 0 Å². The number of carbonyl (C=O) groups is 3. The maximum absolute atomic E-state index is 13.0. The fraction of sp³-hybridized carbons (Fsp3) is 0.111. The van der Waals surface area contributed by atoms with Gasteiger partial charge in [-0.2, -0.15) is 0 Å². The summed E-state index contributed by atoms with van der Waals surface area (Å²) in [7, 11) is 0. The SMILES string of the molecule is Cc1cccc(N=C[C@H]2C(=O)NC(=O)N(c3ccc(F)cc3)C2=O)c1. The first-order valence-corrected chi connectivity index (χ1v) is 7.51. The van der Waals surface area contributed by atoms with Crippen molar-refractivity contribution in [2.75, 3.05) is 4.90 Å². The molecule has 1 N–H and O–H groups in total. The third kappa shape index (κ3) is 3.45. The van der Waals surface area contributed by atoms with Crippen molar-refractivity contribution in [2.45, 2.75) is 6.92 Å². The highest BCUT2D eigenvalue weighted by Gasteiger charge is 2.40. The van der Waals surface area contributed by atoms with E-state index in [4.69, 9.17) is 0 Å². The van der Waals surface area contributed by atoms with Gasteiger partial charge >= 0.3 is 6.03 Å². The highest BCUT2D eigenvalue weighted by Crippen LogP contribution is 2.21. The standard InChI is InChI=1S/C18H14FN3O3/c1-11-3-2-4-13(9-11)20-10-15-16(23)21-18(25)22(17(15)24)14-7-5-12(19)6-8-14/h2-10,15H,1H3,(H,21,23,25)/t15-/m0/s1. The molecule has 0 saturated carbocycles. The first-order chi connectivity index (χ1) is 12.0. The van der Waals surface area contributed by atoms with E-state index in [1.807, 2.05) is 13.0 Å². The van der Waals surface area contributed by atoms with Gasteiger partial charge in [-0.05, 0) is 48.9 Å². The van der Waals surface area contributed by atoms with Crippen LogP contribution in [0.15, 0.2) is 53.5 Å². The number of urea groups is 1. The van der Waals surface area contributed by atoms with Crippen LogP contribution >= 0.6 is 0 Å². The molecule has 6 nitrogen and oxygen atoms in total. The van der Waals surface area contributed by atoms with Gasteiger partial charge in [0.1, 0.15) is 5.82 Å². The Labute approximate surface area is 143 Å². The molecular weight excluding hydrogens is 325 g/mol. The van der Waals surface area contributed by atoms with Crippen LogP contribution in [0.1, 0.15) is 5.56 Å². The lowest BCUT2D eigenvalue weighted by Gasteiger charge is -2.28. The van der Waals surface area contributed by atoms with Crippen molar-refractivity contribution in [2.24, 2.45) is 10.9 Å². The molecule has 0 spiro atoms. The number of halogens is 1. The number of barbiturate groups is 1. The summed E-state index contributed by atoms with van der Waals surface area (Å²) in [4.78, 5) is 41.5. The number of aryl methyl sites for hydroxylation is 1. The van der Waals surface area contributed by atoms with Crippen LogP contribution in [0.5, 0.6) is 0 Å². The predicted molar refractivity (Wildman–Crippen MR) is 90.2 cm³/mol. The molecule has 126 valence electrons. The first-order valence-electron chi connectivity index (χ1n) is 7.51. The van der Waals surface area contributed by atoms with Gasteiger partial charge < -0.3 is 0 Å². The summed E-state index contributed by atoms with van der Waals surface area (Å²) in [6, 6.07) is 11.2. The zero-order chi connectivity index (χ0) is 18.0. The lowest BCUT2D eigenvalue weighted by Crippen LogP contribution is -2.58. The average Bonchev–Trinajstić information content (AvgIpc) is 2.56. The zero-order valence-corrected chi connectivity index (χ0v) is 13.3. The van der Waals surface area contributed by atoms with Crippen LogP contribution in [-0.4, -0.2) is 24.1 Å². The second kappa shape index (κ2) is 6.64. The van der Waals surface area contributed by atoms with Crippen LogP contribution in [0, 0.1) is 18.7 Å². The maximum atomic E-state index is 13.0. The number of rotatable bonds is 3. The summed E-state index contributed by atoms with van der Waals surface area (Å²) < 4.78 is 13.0. The monoisotopic (exact) mass is 339 g/mol. The van der Waals surface area contributed by atoms with Crippen LogP contribution in [0.25, 0.3) is 0 Å². The van der Waals surface area contributed by atoms with Crippen LogP contribution in [0.2, 0.25) is 0 Å². The number of nitrogens with one attached hydrogen (secondary N) is 1. The quantitative estimate of drug-likeness (QED) is 0.690. The Kier molecular flexibility index (Phi) is 4.38. The van der Waals surface area contributed by atoms with Crippen molar-refractivity contribution in [3.8, 4) is 0 Å². The van der Waals surface area contributed by atoms with Crippen LogP contribution in [0.4, 0.5) is 20.6 Å². The lowest BCUT2D eigenvalue weighted by molar-refractivity contribution is -0.131.